The van der Waals surface area contributed by atoms with Gasteiger partial charge in [-0.2, -0.15) is 0 Å². The molecule has 1 saturated heterocycles. The lowest BCUT2D eigenvalue weighted by Crippen LogP contribution is -2.29. The Balaban J connectivity index is 1.94. The molecule has 0 spiro atoms. The summed E-state index contributed by atoms with van der Waals surface area (Å²) in [7, 11) is 0. The third-order valence-electron chi connectivity index (χ3n) is 6.45. The van der Waals surface area contributed by atoms with Crippen molar-refractivity contribution in [1.29, 1.82) is 0 Å². The molecule has 1 atom stereocenters. The fourth-order valence-electron chi connectivity index (χ4n) is 4.49. The normalized spacial score (nSPS) is 17.8. The van der Waals surface area contributed by atoms with Crippen molar-refractivity contribution in [2.45, 2.75) is 53.0 Å². The Morgan fingerprint density at radius 1 is 1.09 bits per heavy atom. The number of Topliss-reactive ketones (excluding diaryl/α,β-unsaturated/α-hetero) is 1. The first kappa shape index (κ1) is 24.7. The maximum Gasteiger partial charge on any atom is 0.300 e. The van der Waals surface area contributed by atoms with Crippen LogP contribution >= 0.6 is 11.3 Å². The monoisotopic (exact) mass is 489 g/mol. The van der Waals surface area contributed by atoms with Gasteiger partial charge in [-0.25, -0.2) is 0 Å². The first-order valence-corrected chi connectivity index (χ1v) is 12.6. The van der Waals surface area contributed by atoms with Crippen LogP contribution in [-0.4, -0.2) is 23.4 Å². The first-order valence-electron chi connectivity index (χ1n) is 11.7. The highest BCUT2D eigenvalue weighted by atomic mass is 32.1. The maximum atomic E-state index is 13.4. The maximum absolute atomic E-state index is 13.4. The van der Waals surface area contributed by atoms with E-state index in [1.165, 1.54) is 16.2 Å². The van der Waals surface area contributed by atoms with Crippen LogP contribution < -0.4 is 9.64 Å². The number of ether oxygens (including phenoxy) is 1. The van der Waals surface area contributed by atoms with E-state index in [0.717, 1.165) is 27.3 Å². The summed E-state index contributed by atoms with van der Waals surface area (Å²) in [6.45, 7) is 12.6. The van der Waals surface area contributed by atoms with Gasteiger partial charge in [0.05, 0.1) is 12.2 Å². The molecule has 0 saturated carbocycles. The number of benzene rings is 2. The van der Waals surface area contributed by atoms with E-state index < -0.39 is 17.7 Å². The second-order valence-corrected chi connectivity index (χ2v) is 10.8. The first-order chi connectivity index (χ1) is 16.6. The molecule has 6 heteroatoms. The lowest BCUT2D eigenvalue weighted by molar-refractivity contribution is -0.132. The average Bonchev–Trinajstić information content (AvgIpc) is 3.42. The SMILES string of the molecule is CCOc1ccc(/C(O)=C2/C(=O)C(=O)N(c3cccc(C)c3C)C2c2cccs2)cc1C(C)(C)C. The molecular formula is C29H31NO4S. The topological polar surface area (TPSA) is 66.8 Å². The number of aryl methyl sites for hydroxylation is 1. The molecular weight excluding hydrogens is 458 g/mol. The molecule has 2 aromatic carbocycles. The number of amides is 1. The van der Waals surface area contributed by atoms with E-state index in [1.807, 2.05) is 68.6 Å². The van der Waals surface area contributed by atoms with E-state index >= 15 is 0 Å². The number of hydrogen-bond donors (Lipinski definition) is 1. The van der Waals surface area contributed by atoms with Crippen molar-refractivity contribution < 1.29 is 19.4 Å². The molecule has 1 fully saturated rings. The number of aliphatic hydroxyl groups excluding tert-OH is 1. The number of anilines is 1. The Morgan fingerprint density at radius 2 is 1.83 bits per heavy atom. The Bertz CT molecular complexity index is 1310. The highest BCUT2D eigenvalue weighted by molar-refractivity contribution is 7.10. The highest BCUT2D eigenvalue weighted by Crippen LogP contribution is 2.45. The zero-order valence-electron chi connectivity index (χ0n) is 21.0. The third-order valence-corrected chi connectivity index (χ3v) is 7.38. The average molecular weight is 490 g/mol. The Kier molecular flexibility index (Phi) is 6.60. The number of thiophene rings is 1. The molecule has 35 heavy (non-hydrogen) atoms. The Labute approximate surface area is 210 Å². The van der Waals surface area contributed by atoms with Crippen molar-refractivity contribution in [1.82, 2.24) is 0 Å². The van der Waals surface area contributed by atoms with Gasteiger partial charge in [0.1, 0.15) is 17.6 Å². The van der Waals surface area contributed by atoms with E-state index in [1.54, 1.807) is 6.07 Å². The van der Waals surface area contributed by atoms with E-state index in [0.29, 0.717) is 17.9 Å². The molecule has 0 bridgehead atoms. The van der Waals surface area contributed by atoms with Crippen LogP contribution in [0, 0.1) is 13.8 Å². The second-order valence-electron chi connectivity index (χ2n) is 9.80. The van der Waals surface area contributed by atoms with Crippen LogP contribution in [0.1, 0.15) is 60.9 Å². The lowest BCUT2D eigenvalue weighted by atomic mass is 9.84. The summed E-state index contributed by atoms with van der Waals surface area (Å²) < 4.78 is 5.82. The third kappa shape index (κ3) is 4.39. The molecule has 182 valence electrons. The molecule has 4 rings (SSSR count). The van der Waals surface area contributed by atoms with Crippen LogP contribution in [0.15, 0.2) is 59.5 Å². The molecule has 1 unspecified atom stereocenters. The highest BCUT2D eigenvalue weighted by Gasteiger charge is 2.48. The van der Waals surface area contributed by atoms with Gasteiger partial charge in [-0.3, -0.25) is 14.5 Å². The minimum absolute atomic E-state index is 0.0994. The van der Waals surface area contributed by atoms with E-state index in [2.05, 4.69) is 20.8 Å². The summed E-state index contributed by atoms with van der Waals surface area (Å²) in [4.78, 5) is 29.2. The summed E-state index contributed by atoms with van der Waals surface area (Å²) >= 11 is 1.45. The van der Waals surface area contributed by atoms with Crippen LogP contribution in [-0.2, 0) is 15.0 Å². The molecule has 1 N–H and O–H groups in total. The summed E-state index contributed by atoms with van der Waals surface area (Å²) in [5.74, 6) is -0.765. The molecule has 3 aromatic rings. The number of rotatable bonds is 5. The van der Waals surface area contributed by atoms with Gasteiger partial charge >= 0.3 is 0 Å². The minimum atomic E-state index is -0.708. The summed E-state index contributed by atoms with van der Waals surface area (Å²) in [6.07, 6.45) is 0. The van der Waals surface area contributed by atoms with Gasteiger partial charge in [0, 0.05) is 21.7 Å². The fourth-order valence-corrected chi connectivity index (χ4v) is 5.32. The van der Waals surface area contributed by atoms with Gasteiger partial charge < -0.3 is 9.84 Å². The van der Waals surface area contributed by atoms with Crippen LogP contribution in [0.25, 0.3) is 5.76 Å². The van der Waals surface area contributed by atoms with Gasteiger partial charge in [0.25, 0.3) is 11.7 Å². The fraction of sp³-hybridized carbons (Fsp3) is 0.310. The van der Waals surface area contributed by atoms with Crippen LogP contribution in [0.5, 0.6) is 5.75 Å². The largest absolute Gasteiger partial charge is 0.507 e. The molecule has 0 radical (unpaired) electrons. The number of ketones is 1. The lowest BCUT2D eigenvalue weighted by Gasteiger charge is -2.26. The zero-order chi connectivity index (χ0) is 25.5. The number of hydrogen-bond acceptors (Lipinski definition) is 5. The van der Waals surface area contributed by atoms with Crippen LogP contribution in [0.4, 0.5) is 5.69 Å². The molecule has 0 aliphatic carbocycles. The predicted molar refractivity (Wildman–Crippen MR) is 141 cm³/mol. The predicted octanol–water partition coefficient (Wildman–Crippen LogP) is 6.69. The van der Waals surface area contributed by atoms with Crippen LogP contribution in [0.3, 0.4) is 0 Å². The molecule has 2 heterocycles. The summed E-state index contributed by atoms with van der Waals surface area (Å²) in [6, 6.07) is 14.2. The van der Waals surface area contributed by atoms with E-state index in [9.17, 15) is 14.7 Å². The van der Waals surface area contributed by atoms with Gasteiger partial charge in [0.15, 0.2) is 0 Å². The molecule has 1 aliphatic rings. The smallest absolute Gasteiger partial charge is 0.300 e. The number of carbonyl (C=O) groups excluding carboxylic acids is 2. The van der Waals surface area contributed by atoms with Gasteiger partial charge in [-0.05, 0) is 73.0 Å². The minimum Gasteiger partial charge on any atom is -0.507 e. The van der Waals surface area contributed by atoms with Crippen LogP contribution in [0.2, 0.25) is 0 Å². The Morgan fingerprint density at radius 3 is 2.46 bits per heavy atom. The number of nitrogens with zero attached hydrogens (tertiary/aromatic N) is 1. The van der Waals surface area contributed by atoms with Crippen molar-refractivity contribution in [3.8, 4) is 5.75 Å². The summed E-state index contributed by atoms with van der Waals surface area (Å²) in [5.41, 5.74) is 3.87. The number of aliphatic hydroxyl groups is 1. The van der Waals surface area contributed by atoms with E-state index in [4.69, 9.17) is 4.74 Å². The second kappa shape index (κ2) is 9.34. The molecule has 1 aliphatic heterocycles. The van der Waals surface area contributed by atoms with Crippen molar-refractivity contribution in [3.05, 3.63) is 86.6 Å². The zero-order valence-corrected chi connectivity index (χ0v) is 21.8. The number of carbonyl (C=O) groups is 2. The van der Waals surface area contributed by atoms with Gasteiger partial charge in [-0.1, -0.05) is 39.0 Å². The van der Waals surface area contributed by atoms with Crippen molar-refractivity contribution in [2.75, 3.05) is 11.5 Å². The molecule has 1 amide bonds. The standard InChI is InChI=1S/C29H31NO4S/c1-7-34-22-14-13-19(16-20(22)29(4,5)6)26(31)24-25(23-12-9-15-35-23)30(28(33)27(24)32)21-11-8-10-17(2)18(21)3/h8-16,25,31H,7H2,1-6H3/b26-24-. The van der Waals surface area contributed by atoms with Gasteiger partial charge in [-0.15, -0.1) is 11.3 Å². The molecule has 1 aromatic heterocycles. The van der Waals surface area contributed by atoms with E-state index in [-0.39, 0.29) is 16.7 Å². The summed E-state index contributed by atoms with van der Waals surface area (Å²) in [5, 5.41) is 13.4. The quantitative estimate of drug-likeness (QED) is 0.246. The van der Waals surface area contributed by atoms with Crippen molar-refractivity contribution >= 4 is 34.5 Å². The van der Waals surface area contributed by atoms with Crippen molar-refractivity contribution in [2.24, 2.45) is 0 Å². The molecule has 5 nitrogen and oxygen atoms in total. The van der Waals surface area contributed by atoms with Gasteiger partial charge in [0.2, 0.25) is 0 Å². The Hall–Kier alpha value is -3.38. The van der Waals surface area contributed by atoms with Crippen molar-refractivity contribution in [3.63, 3.8) is 0 Å².